The molecule has 0 saturated heterocycles. The SMILES string of the molecule is CCCn1ccnc1C(NC)c1ncccc1F. The van der Waals surface area contributed by atoms with Gasteiger partial charge in [-0.1, -0.05) is 6.92 Å². The van der Waals surface area contributed by atoms with E-state index in [-0.39, 0.29) is 11.9 Å². The summed E-state index contributed by atoms with van der Waals surface area (Å²) < 4.78 is 15.8. The van der Waals surface area contributed by atoms with Crippen molar-refractivity contribution >= 4 is 0 Å². The maximum atomic E-state index is 13.8. The van der Waals surface area contributed by atoms with Crippen LogP contribution >= 0.6 is 0 Å². The van der Waals surface area contributed by atoms with Gasteiger partial charge in [0, 0.05) is 25.1 Å². The van der Waals surface area contributed by atoms with Gasteiger partial charge in [0.2, 0.25) is 0 Å². The summed E-state index contributed by atoms with van der Waals surface area (Å²) in [6.07, 6.45) is 6.24. The Morgan fingerprint density at radius 3 is 2.89 bits per heavy atom. The Balaban J connectivity index is 2.39. The Hall–Kier alpha value is -1.75. The Kier molecular flexibility index (Phi) is 4.04. The molecule has 18 heavy (non-hydrogen) atoms. The topological polar surface area (TPSA) is 42.7 Å². The minimum Gasteiger partial charge on any atom is -0.333 e. The highest BCUT2D eigenvalue weighted by Crippen LogP contribution is 2.21. The summed E-state index contributed by atoms with van der Waals surface area (Å²) in [6.45, 7) is 2.96. The van der Waals surface area contributed by atoms with Crippen LogP contribution in [-0.4, -0.2) is 21.6 Å². The minimum atomic E-state index is -0.326. The number of imidazole rings is 1. The third-order valence-electron chi connectivity index (χ3n) is 2.82. The van der Waals surface area contributed by atoms with Gasteiger partial charge in [-0.3, -0.25) is 4.98 Å². The first kappa shape index (κ1) is 12.7. The Morgan fingerprint density at radius 2 is 2.22 bits per heavy atom. The van der Waals surface area contributed by atoms with E-state index in [9.17, 15) is 4.39 Å². The summed E-state index contributed by atoms with van der Waals surface area (Å²) in [4.78, 5) is 8.43. The first-order chi connectivity index (χ1) is 8.77. The molecule has 0 aliphatic heterocycles. The third kappa shape index (κ3) is 2.41. The van der Waals surface area contributed by atoms with Crippen molar-refractivity contribution in [1.29, 1.82) is 0 Å². The Morgan fingerprint density at radius 1 is 1.39 bits per heavy atom. The lowest BCUT2D eigenvalue weighted by Crippen LogP contribution is -2.24. The molecule has 0 amide bonds. The highest BCUT2D eigenvalue weighted by molar-refractivity contribution is 5.19. The molecule has 0 radical (unpaired) electrons. The molecule has 1 N–H and O–H groups in total. The molecule has 2 aromatic rings. The van der Waals surface area contributed by atoms with Gasteiger partial charge < -0.3 is 9.88 Å². The average Bonchev–Trinajstić information content (AvgIpc) is 2.82. The average molecular weight is 248 g/mol. The zero-order valence-electron chi connectivity index (χ0n) is 10.6. The fraction of sp³-hybridized carbons (Fsp3) is 0.385. The van der Waals surface area contributed by atoms with E-state index in [4.69, 9.17) is 0 Å². The van der Waals surface area contributed by atoms with Crippen LogP contribution in [-0.2, 0) is 6.54 Å². The highest BCUT2D eigenvalue weighted by atomic mass is 19.1. The van der Waals surface area contributed by atoms with Gasteiger partial charge >= 0.3 is 0 Å². The summed E-state index contributed by atoms with van der Waals surface area (Å²) >= 11 is 0. The standard InChI is InChI=1S/C13H17FN4/c1-3-8-18-9-7-17-13(18)12(15-2)11-10(14)5-4-6-16-11/h4-7,9,12,15H,3,8H2,1-2H3. The van der Waals surface area contributed by atoms with Gasteiger partial charge in [0.15, 0.2) is 0 Å². The maximum absolute atomic E-state index is 13.8. The number of hydrogen-bond acceptors (Lipinski definition) is 3. The van der Waals surface area contributed by atoms with Crippen LogP contribution in [0.1, 0.15) is 30.9 Å². The second-order valence-electron chi connectivity index (χ2n) is 4.07. The van der Waals surface area contributed by atoms with E-state index in [2.05, 4.69) is 22.2 Å². The molecule has 96 valence electrons. The fourth-order valence-corrected chi connectivity index (χ4v) is 2.01. The number of rotatable bonds is 5. The first-order valence-electron chi connectivity index (χ1n) is 6.06. The highest BCUT2D eigenvalue weighted by Gasteiger charge is 2.21. The number of halogens is 1. The van der Waals surface area contributed by atoms with Gasteiger partial charge in [0.25, 0.3) is 0 Å². The van der Waals surface area contributed by atoms with Crippen LogP contribution in [0.15, 0.2) is 30.7 Å². The van der Waals surface area contributed by atoms with E-state index < -0.39 is 0 Å². The molecule has 0 saturated carbocycles. The minimum absolute atomic E-state index is 0.317. The fourth-order valence-electron chi connectivity index (χ4n) is 2.01. The molecular weight excluding hydrogens is 231 g/mol. The number of aryl methyl sites for hydroxylation is 1. The largest absolute Gasteiger partial charge is 0.333 e. The second kappa shape index (κ2) is 5.73. The van der Waals surface area contributed by atoms with Crippen molar-refractivity contribution in [3.05, 3.63) is 48.1 Å². The van der Waals surface area contributed by atoms with Crippen LogP contribution in [0, 0.1) is 5.82 Å². The van der Waals surface area contributed by atoms with Crippen molar-refractivity contribution in [1.82, 2.24) is 19.9 Å². The van der Waals surface area contributed by atoms with Crippen LogP contribution in [0.25, 0.3) is 0 Å². The Labute approximate surface area is 106 Å². The van der Waals surface area contributed by atoms with Crippen LogP contribution in [0.3, 0.4) is 0 Å². The van der Waals surface area contributed by atoms with Gasteiger partial charge in [0.05, 0.1) is 0 Å². The van der Waals surface area contributed by atoms with Crippen LogP contribution in [0.2, 0.25) is 0 Å². The molecule has 0 aromatic carbocycles. The maximum Gasteiger partial charge on any atom is 0.146 e. The van der Waals surface area contributed by atoms with Crippen LogP contribution in [0.4, 0.5) is 4.39 Å². The van der Waals surface area contributed by atoms with E-state index in [0.717, 1.165) is 18.8 Å². The molecule has 1 unspecified atom stereocenters. The van der Waals surface area contributed by atoms with E-state index in [1.54, 1.807) is 25.5 Å². The lowest BCUT2D eigenvalue weighted by atomic mass is 10.1. The second-order valence-corrected chi connectivity index (χ2v) is 4.07. The van der Waals surface area contributed by atoms with Crippen LogP contribution in [0.5, 0.6) is 0 Å². The molecule has 5 heteroatoms. The number of pyridine rings is 1. The third-order valence-corrected chi connectivity index (χ3v) is 2.82. The summed E-state index contributed by atoms with van der Waals surface area (Å²) in [7, 11) is 1.78. The molecule has 2 heterocycles. The Bertz CT molecular complexity index is 509. The van der Waals surface area contributed by atoms with E-state index in [1.165, 1.54) is 6.07 Å². The van der Waals surface area contributed by atoms with Crippen molar-refractivity contribution < 1.29 is 4.39 Å². The van der Waals surface area contributed by atoms with Crippen LogP contribution < -0.4 is 5.32 Å². The lowest BCUT2D eigenvalue weighted by Gasteiger charge is -2.17. The molecule has 2 aromatic heterocycles. The summed E-state index contributed by atoms with van der Waals surface area (Å²) in [5, 5.41) is 3.07. The van der Waals surface area contributed by atoms with Gasteiger partial charge in [-0.15, -0.1) is 0 Å². The molecule has 0 aliphatic carbocycles. The summed E-state index contributed by atoms with van der Waals surface area (Å²) in [5.41, 5.74) is 0.378. The van der Waals surface area contributed by atoms with Crippen molar-refractivity contribution in [2.45, 2.75) is 25.9 Å². The van der Waals surface area contributed by atoms with Gasteiger partial charge in [-0.05, 0) is 25.6 Å². The number of hydrogen-bond donors (Lipinski definition) is 1. The normalized spacial score (nSPS) is 12.6. The smallest absolute Gasteiger partial charge is 0.146 e. The van der Waals surface area contributed by atoms with Crippen molar-refractivity contribution in [3.63, 3.8) is 0 Å². The van der Waals surface area contributed by atoms with E-state index in [0.29, 0.717) is 5.69 Å². The lowest BCUT2D eigenvalue weighted by molar-refractivity contribution is 0.520. The molecule has 0 spiro atoms. The van der Waals surface area contributed by atoms with Crippen molar-refractivity contribution in [2.24, 2.45) is 0 Å². The summed E-state index contributed by atoms with van der Waals surface area (Å²) in [5.74, 6) is 0.472. The first-order valence-corrected chi connectivity index (χ1v) is 6.06. The number of nitrogens with zero attached hydrogens (tertiary/aromatic N) is 3. The van der Waals surface area contributed by atoms with E-state index >= 15 is 0 Å². The van der Waals surface area contributed by atoms with Gasteiger partial charge in [-0.2, -0.15) is 0 Å². The molecule has 1 atom stereocenters. The predicted octanol–water partition coefficient (Wildman–Crippen LogP) is 2.14. The monoisotopic (exact) mass is 248 g/mol. The molecule has 2 rings (SSSR count). The zero-order valence-corrected chi connectivity index (χ0v) is 10.6. The number of aromatic nitrogens is 3. The van der Waals surface area contributed by atoms with E-state index in [1.807, 2.05) is 10.8 Å². The van der Waals surface area contributed by atoms with Crippen molar-refractivity contribution in [3.8, 4) is 0 Å². The van der Waals surface area contributed by atoms with Crippen molar-refractivity contribution in [2.75, 3.05) is 7.05 Å². The molecule has 0 aliphatic rings. The van der Waals surface area contributed by atoms with Gasteiger partial charge in [0.1, 0.15) is 23.4 Å². The molecule has 0 fully saturated rings. The summed E-state index contributed by atoms with van der Waals surface area (Å²) in [6, 6.07) is 2.68. The molecular formula is C13H17FN4. The predicted molar refractivity (Wildman–Crippen MR) is 67.6 cm³/mol. The molecule has 4 nitrogen and oxygen atoms in total. The number of nitrogens with one attached hydrogen (secondary N) is 1. The van der Waals surface area contributed by atoms with Gasteiger partial charge in [-0.25, -0.2) is 9.37 Å². The molecule has 0 bridgehead atoms. The quantitative estimate of drug-likeness (QED) is 0.881. The zero-order chi connectivity index (χ0) is 13.0.